The maximum Gasteiger partial charge on any atom is 0.329 e. The summed E-state index contributed by atoms with van der Waals surface area (Å²) in [5, 5.41) is 8.54. The number of carboxylic acid groups (broad SMARTS) is 1. The number of aliphatic imine (C=N–C) groups is 1. The van der Waals surface area contributed by atoms with Gasteiger partial charge in [0.05, 0.1) is 0 Å². The van der Waals surface area contributed by atoms with Crippen LogP contribution in [0.15, 0.2) is 4.99 Å². The third-order valence-corrected chi connectivity index (χ3v) is 1.93. The highest BCUT2D eigenvalue weighted by Gasteiger charge is 2.09. The van der Waals surface area contributed by atoms with E-state index in [1.807, 2.05) is 0 Å². The topological polar surface area (TPSA) is 114 Å². The molecule has 0 saturated heterocycles. The van der Waals surface area contributed by atoms with E-state index in [0.29, 0.717) is 25.2 Å². The first kappa shape index (κ1) is 15.4. The molecule has 0 amide bonds. The maximum absolute atomic E-state index is 10.5. The normalized spacial score (nSPS) is 13.0. The molecule has 98 valence electrons. The number of nitrogens with two attached hydrogens (primary N) is 1. The van der Waals surface area contributed by atoms with Gasteiger partial charge in [-0.25, -0.2) is 5.48 Å². The molecule has 0 unspecified atom stereocenters. The summed E-state index contributed by atoms with van der Waals surface area (Å²) in [5.74, 6) is -0.920. The van der Waals surface area contributed by atoms with E-state index in [-0.39, 0.29) is 0 Å². The van der Waals surface area contributed by atoms with Crippen LogP contribution in [-0.4, -0.2) is 35.5 Å². The fraction of sp³-hybridized carbons (Fsp3) is 0.700. The lowest BCUT2D eigenvalue weighted by molar-refractivity contribution is -0.145. The van der Waals surface area contributed by atoms with E-state index in [1.54, 1.807) is 6.92 Å². The molecule has 0 aromatic carbocycles. The molecular weight excluding hydrogens is 226 g/mol. The van der Waals surface area contributed by atoms with Crippen molar-refractivity contribution in [1.29, 1.82) is 0 Å². The Morgan fingerprint density at radius 3 is 2.59 bits per heavy atom. The number of rotatable bonds is 6. The Morgan fingerprint density at radius 2 is 2.06 bits per heavy atom. The fourth-order valence-electron chi connectivity index (χ4n) is 1.02. The van der Waals surface area contributed by atoms with Crippen molar-refractivity contribution in [2.24, 2.45) is 10.7 Å². The maximum atomic E-state index is 10.5. The van der Waals surface area contributed by atoms with Gasteiger partial charge in [-0.15, -0.1) is 0 Å². The number of nitrogens with zero attached hydrogens (tertiary/aromatic N) is 1. The monoisotopic (exact) mass is 245 g/mol. The lowest BCUT2D eigenvalue weighted by atomic mass is 10.1. The molecule has 0 heterocycles. The van der Waals surface area contributed by atoms with E-state index in [2.05, 4.69) is 15.3 Å². The van der Waals surface area contributed by atoms with Crippen molar-refractivity contribution in [3.8, 4) is 0 Å². The van der Waals surface area contributed by atoms with Crippen molar-refractivity contribution in [2.75, 3.05) is 6.54 Å². The van der Waals surface area contributed by atoms with Gasteiger partial charge in [-0.2, -0.15) is 0 Å². The van der Waals surface area contributed by atoms with Gasteiger partial charge in [-0.05, 0) is 26.2 Å². The number of carbonyl (C=O) groups is 2. The zero-order valence-electron chi connectivity index (χ0n) is 10.1. The summed E-state index contributed by atoms with van der Waals surface area (Å²) in [5.41, 5.74) is 7.72. The van der Waals surface area contributed by atoms with E-state index in [9.17, 15) is 9.59 Å². The van der Waals surface area contributed by atoms with E-state index >= 15 is 0 Å². The molecule has 0 aromatic heterocycles. The minimum absolute atomic E-state index is 0.432. The Kier molecular flexibility index (Phi) is 7.70. The van der Waals surface area contributed by atoms with Crippen LogP contribution in [-0.2, 0) is 14.4 Å². The summed E-state index contributed by atoms with van der Waals surface area (Å²) in [6.07, 6.45) is 1.86. The van der Waals surface area contributed by atoms with Crippen LogP contribution >= 0.6 is 0 Å². The molecule has 17 heavy (non-hydrogen) atoms. The smallest absolute Gasteiger partial charge is 0.329 e. The summed E-state index contributed by atoms with van der Waals surface area (Å²) >= 11 is 0. The number of hydrogen-bond donors (Lipinski definition) is 3. The van der Waals surface area contributed by atoms with Gasteiger partial charge in [0.25, 0.3) is 0 Å². The summed E-state index contributed by atoms with van der Waals surface area (Å²) in [6.45, 7) is 3.49. The Bertz CT molecular complexity index is 291. The Morgan fingerprint density at radius 1 is 1.41 bits per heavy atom. The van der Waals surface area contributed by atoms with Crippen molar-refractivity contribution in [1.82, 2.24) is 5.48 Å². The first-order chi connectivity index (χ1) is 7.93. The molecule has 7 heteroatoms. The standard InChI is InChI=1S/C10H19N3O4/c1-7(13-17-8(2)14)12-6-4-3-5-9(11)10(15)16/h9H,3-6,11H2,1-2H3,(H,12,13)(H,15,16)/t9-/m0/s1. The number of nitrogens with one attached hydrogen (secondary N) is 1. The third-order valence-electron chi connectivity index (χ3n) is 1.93. The molecule has 0 bridgehead atoms. The van der Waals surface area contributed by atoms with E-state index in [1.165, 1.54) is 6.92 Å². The van der Waals surface area contributed by atoms with E-state index < -0.39 is 18.0 Å². The second-order valence-electron chi connectivity index (χ2n) is 3.60. The van der Waals surface area contributed by atoms with Crippen LogP contribution in [0.25, 0.3) is 0 Å². The highest BCUT2D eigenvalue weighted by molar-refractivity contribution is 5.80. The van der Waals surface area contributed by atoms with Crippen LogP contribution in [0.2, 0.25) is 0 Å². The van der Waals surface area contributed by atoms with Crippen molar-refractivity contribution in [2.45, 2.75) is 39.2 Å². The minimum atomic E-state index is -0.985. The predicted octanol–water partition coefficient (Wildman–Crippen LogP) is 0.0547. The second kappa shape index (κ2) is 8.51. The molecule has 0 saturated carbocycles. The Balaban J connectivity index is 3.58. The molecule has 0 aliphatic rings. The summed E-state index contributed by atoms with van der Waals surface area (Å²) in [7, 11) is 0. The first-order valence-corrected chi connectivity index (χ1v) is 5.36. The predicted molar refractivity (Wildman–Crippen MR) is 62.3 cm³/mol. The van der Waals surface area contributed by atoms with Gasteiger partial charge < -0.3 is 15.7 Å². The molecular formula is C10H19N3O4. The number of aliphatic carboxylic acids is 1. The number of carboxylic acids is 1. The fourth-order valence-corrected chi connectivity index (χ4v) is 1.02. The van der Waals surface area contributed by atoms with E-state index in [4.69, 9.17) is 10.8 Å². The van der Waals surface area contributed by atoms with Gasteiger partial charge in [0.1, 0.15) is 11.9 Å². The molecule has 7 nitrogen and oxygen atoms in total. The van der Waals surface area contributed by atoms with Crippen LogP contribution in [0.1, 0.15) is 33.1 Å². The average molecular weight is 245 g/mol. The van der Waals surface area contributed by atoms with Crippen LogP contribution < -0.4 is 11.2 Å². The van der Waals surface area contributed by atoms with Gasteiger partial charge in [0.2, 0.25) is 0 Å². The highest BCUT2D eigenvalue weighted by Crippen LogP contribution is 1.99. The largest absolute Gasteiger partial charge is 0.480 e. The van der Waals surface area contributed by atoms with Crippen molar-refractivity contribution in [3.63, 3.8) is 0 Å². The molecule has 0 rings (SSSR count). The molecule has 1 atom stereocenters. The number of carbonyl (C=O) groups excluding carboxylic acids is 1. The number of hydrogen-bond acceptors (Lipinski definition) is 5. The third kappa shape index (κ3) is 9.31. The Labute approximate surface area is 100.0 Å². The number of amidine groups is 1. The van der Waals surface area contributed by atoms with Gasteiger partial charge in [-0.3, -0.25) is 14.6 Å². The molecule has 0 aliphatic heterocycles. The van der Waals surface area contributed by atoms with E-state index in [0.717, 1.165) is 6.42 Å². The van der Waals surface area contributed by atoms with Gasteiger partial charge in [0.15, 0.2) is 0 Å². The van der Waals surface area contributed by atoms with Crippen LogP contribution in [0.4, 0.5) is 0 Å². The first-order valence-electron chi connectivity index (χ1n) is 5.36. The molecule has 0 fully saturated rings. The summed E-state index contributed by atoms with van der Waals surface area (Å²) < 4.78 is 0. The van der Waals surface area contributed by atoms with Gasteiger partial charge >= 0.3 is 11.9 Å². The molecule has 0 aliphatic carbocycles. The van der Waals surface area contributed by atoms with Crippen molar-refractivity contribution in [3.05, 3.63) is 0 Å². The van der Waals surface area contributed by atoms with Crippen LogP contribution in [0, 0.1) is 0 Å². The summed E-state index contributed by atoms with van der Waals surface area (Å²) in [4.78, 5) is 29.5. The lowest BCUT2D eigenvalue weighted by Crippen LogP contribution is -2.29. The number of hydroxylamine groups is 1. The van der Waals surface area contributed by atoms with Crippen LogP contribution in [0.5, 0.6) is 0 Å². The Hall–Kier alpha value is -1.63. The van der Waals surface area contributed by atoms with Gasteiger partial charge in [0, 0.05) is 13.5 Å². The molecule has 4 N–H and O–H groups in total. The van der Waals surface area contributed by atoms with Crippen molar-refractivity contribution < 1.29 is 19.5 Å². The lowest BCUT2D eigenvalue weighted by Gasteiger charge is -2.05. The zero-order valence-corrected chi connectivity index (χ0v) is 10.1. The highest BCUT2D eigenvalue weighted by atomic mass is 16.7. The SMILES string of the molecule is CC(=O)ONC(C)=NCCCC[C@H](N)C(=O)O. The zero-order chi connectivity index (χ0) is 13.3. The van der Waals surface area contributed by atoms with Crippen molar-refractivity contribution >= 4 is 17.8 Å². The molecule has 0 spiro atoms. The van der Waals surface area contributed by atoms with Crippen LogP contribution in [0.3, 0.4) is 0 Å². The second-order valence-corrected chi connectivity index (χ2v) is 3.60. The summed E-state index contributed by atoms with van der Waals surface area (Å²) in [6, 6.07) is -0.806. The number of unbranched alkanes of at least 4 members (excludes halogenated alkanes) is 1. The quantitative estimate of drug-likeness (QED) is 0.264. The van der Waals surface area contributed by atoms with Gasteiger partial charge in [-0.1, -0.05) is 0 Å². The average Bonchev–Trinajstić information content (AvgIpc) is 2.25. The minimum Gasteiger partial charge on any atom is -0.480 e. The molecule has 0 aromatic rings. The molecule has 0 radical (unpaired) electrons.